The van der Waals surface area contributed by atoms with E-state index in [0.717, 1.165) is 13.0 Å². The molecule has 1 aliphatic heterocycles. The zero-order chi connectivity index (χ0) is 16.9. The molecular formula is C17H26N4O2. The first-order chi connectivity index (χ1) is 10.9. The van der Waals surface area contributed by atoms with Gasteiger partial charge in [0.25, 0.3) is 5.91 Å². The predicted octanol–water partition coefficient (Wildman–Crippen LogP) is 1.04. The molecule has 126 valence electrons. The van der Waals surface area contributed by atoms with Crippen molar-refractivity contribution in [2.75, 3.05) is 13.1 Å². The molecule has 1 saturated heterocycles. The summed E-state index contributed by atoms with van der Waals surface area (Å²) in [5.74, 6) is -0.228. The molecule has 23 heavy (non-hydrogen) atoms. The quantitative estimate of drug-likeness (QED) is 0.654. The van der Waals surface area contributed by atoms with Gasteiger partial charge < -0.3 is 10.6 Å². The molecule has 6 nitrogen and oxygen atoms in total. The topological polar surface area (TPSA) is 82.3 Å². The maximum absolute atomic E-state index is 12.1. The van der Waals surface area contributed by atoms with Crippen molar-refractivity contribution in [3.05, 3.63) is 35.4 Å². The summed E-state index contributed by atoms with van der Waals surface area (Å²) >= 11 is 0. The number of benzene rings is 1. The third-order valence-electron chi connectivity index (χ3n) is 3.82. The summed E-state index contributed by atoms with van der Waals surface area (Å²) in [6.07, 6.45) is 1.10. The largest absolute Gasteiger partial charge is 0.352 e. The normalized spacial score (nSPS) is 17.8. The highest BCUT2D eigenvalue weighted by Crippen LogP contribution is 2.22. The fourth-order valence-electron chi connectivity index (χ4n) is 2.37. The Morgan fingerprint density at radius 2 is 1.91 bits per heavy atom. The first-order valence-corrected chi connectivity index (χ1v) is 8.03. The number of rotatable bonds is 5. The maximum Gasteiger partial charge on any atom is 0.251 e. The summed E-state index contributed by atoms with van der Waals surface area (Å²) in [4.78, 5) is 23.8. The van der Waals surface area contributed by atoms with Crippen molar-refractivity contribution in [2.45, 2.75) is 45.2 Å². The summed E-state index contributed by atoms with van der Waals surface area (Å²) in [7, 11) is 0. The molecule has 0 spiro atoms. The highest BCUT2D eigenvalue weighted by Gasteiger charge is 2.16. The number of hydrogen-bond acceptors (Lipinski definition) is 4. The predicted molar refractivity (Wildman–Crippen MR) is 89.8 cm³/mol. The van der Waals surface area contributed by atoms with Gasteiger partial charge in [0.2, 0.25) is 5.91 Å². The van der Waals surface area contributed by atoms with E-state index in [0.29, 0.717) is 12.1 Å². The van der Waals surface area contributed by atoms with Crippen molar-refractivity contribution in [1.82, 2.24) is 21.5 Å². The molecule has 6 heteroatoms. The average molecular weight is 318 g/mol. The summed E-state index contributed by atoms with van der Waals surface area (Å²) in [6, 6.07) is 7.59. The van der Waals surface area contributed by atoms with Crippen LogP contribution in [0.15, 0.2) is 24.3 Å². The van der Waals surface area contributed by atoms with Crippen LogP contribution in [0.2, 0.25) is 0 Å². The summed E-state index contributed by atoms with van der Waals surface area (Å²) in [5, 5.41) is 5.63. The number of carbonyl (C=O) groups is 2. The lowest BCUT2D eigenvalue weighted by atomic mass is 9.87. The van der Waals surface area contributed by atoms with Gasteiger partial charge in [-0.2, -0.15) is 0 Å². The second-order valence-electron chi connectivity index (χ2n) is 6.81. The van der Waals surface area contributed by atoms with Gasteiger partial charge in [-0.1, -0.05) is 32.9 Å². The molecule has 2 rings (SSSR count). The summed E-state index contributed by atoms with van der Waals surface area (Å²) in [5.41, 5.74) is 7.78. The van der Waals surface area contributed by atoms with Crippen LogP contribution in [0, 0.1) is 0 Å². The van der Waals surface area contributed by atoms with Gasteiger partial charge >= 0.3 is 0 Å². The van der Waals surface area contributed by atoms with Crippen LogP contribution >= 0.6 is 0 Å². The molecule has 0 bridgehead atoms. The van der Waals surface area contributed by atoms with E-state index in [2.05, 4.69) is 42.3 Å². The van der Waals surface area contributed by atoms with E-state index in [1.54, 1.807) is 0 Å². The first-order valence-electron chi connectivity index (χ1n) is 8.03. The molecule has 2 amide bonds. The molecule has 1 aromatic carbocycles. The Kier molecular flexibility index (Phi) is 5.74. The minimum Gasteiger partial charge on any atom is -0.352 e. The zero-order valence-electron chi connectivity index (χ0n) is 14.0. The number of hydrazine groups is 1. The average Bonchev–Trinajstić information content (AvgIpc) is 2.99. The van der Waals surface area contributed by atoms with Gasteiger partial charge in [0.1, 0.15) is 0 Å². The standard InChI is InChI=1S/C17H26N4O2/c1-17(2,3)13-6-4-12(5-7-13)16(23)18-10-9-15(22)20-14-8-11-19-21-14/h4-7,14,19,21H,8-11H2,1-3H3,(H,18,23)(H,20,22). The summed E-state index contributed by atoms with van der Waals surface area (Å²) < 4.78 is 0. The van der Waals surface area contributed by atoms with E-state index in [1.807, 2.05) is 24.3 Å². The van der Waals surface area contributed by atoms with E-state index in [4.69, 9.17) is 0 Å². The monoisotopic (exact) mass is 318 g/mol. The van der Waals surface area contributed by atoms with Gasteiger partial charge in [-0.15, -0.1) is 0 Å². The molecule has 0 radical (unpaired) electrons. The van der Waals surface area contributed by atoms with Crippen molar-refractivity contribution in [3.63, 3.8) is 0 Å². The molecule has 1 atom stereocenters. The van der Waals surface area contributed by atoms with Crippen LogP contribution in [-0.4, -0.2) is 31.1 Å². The van der Waals surface area contributed by atoms with Crippen molar-refractivity contribution in [2.24, 2.45) is 0 Å². The van der Waals surface area contributed by atoms with Crippen LogP contribution < -0.4 is 21.5 Å². The second kappa shape index (κ2) is 7.57. The minimum absolute atomic E-state index is 0.0249. The van der Waals surface area contributed by atoms with E-state index >= 15 is 0 Å². The molecule has 0 aromatic heterocycles. The Morgan fingerprint density at radius 3 is 2.48 bits per heavy atom. The number of nitrogens with one attached hydrogen (secondary N) is 4. The molecule has 4 N–H and O–H groups in total. The van der Waals surface area contributed by atoms with Crippen LogP contribution in [0.25, 0.3) is 0 Å². The van der Waals surface area contributed by atoms with Crippen LogP contribution in [0.5, 0.6) is 0 Å². The zero-order valence-corrected chi connectivity index (χ0v) is 14.0. The van der Waals surface area contributed by atoms with Crippen LogP contribution in [-0.2, 0) is 10.2 Å². The fourth-order valence-corrected chi connectivity index (χ4v) is 2.37. The SMILES string of the molecule is CC(C)(C)c1ccc(C(=O)NCCC(=O)NC2CCNN2)cc1. The van der Waals surface area contributed by atoms with Gasteiger partial charge in [0.05, 0.1) is 6.17 Å². The van der Waals surface area contributed by atoms with Crippen molar-refractivity contribution in [3.8, 4) is 0 Å². The van der Waals surface area contributed by atoms with E-state index in [9.17, 15) is 9.59 Å². The molecule has 0 aliphatic carbocycles. The highest BCUT2D eigenvalue weighted by molar-refractivity contribution is 5.94. The molecule has 1 heterocycles. The fraction of sp³-hybridized carbons (Fsp3) is 0.529. The third kappa shape index (κ3) is 5.33. The molecular weight excluding hydrogens is 292 g/mol. The Bertz CT molecular complexity index is 543. The van der Waals surface area contributed by atoms with Gasteiger partial charge in [-0.05, 0) is 29.5 Å². The van der Waals surface area contributed by atoms with E-state index < -0.39 is 0 Å². The van der Waals surface area contributed by atoms with Gasteiger partial charge in [-0.3, -0.25) is 15.0 Å². The first kappa shape index (κ1) is 17.4. The van der Waals surface area contributed by atoms with E-state index in [1.165, 1.54) is 5.56 Å². The Balaban J connectivity index is 1.75. The second-order valence-corrected chi connectivity index (χ2v) is 6.81. The molecule has 0 saturated carbocycles. The Hall–Kier alpha value is -1.92. The van der Waals surface area contributed by atoms with Crippen LogP contribution in [0.1, 0.15) is 49.5 Å². The summed E-state index contributed by atoms with van der Waals surface area (Å²) in [6.45, 7) is 7.57. The lowest BCUT2D eigenvalue weighted by Crippen LogP contribution is -2.44. The Morgan fingerprint density at radius 1 is 1.22 bits per heavy atom. The lowest BCUT2D eigenvalue weighted by molar-refractivity contribution is -0.121. The highest BCUT2D eigenvalue weighted by atomic mass is 16.2. The molecule has 1 aromatic rings. The van der Waals surface area contributed by atoms with Crippen molar-refractivity contribution in [1.29, 1.82) is 0 Å². The number of amides is 2. The van der Waals surface area contributed by atoms with Crippen molar-refractivity contribution < 1.29 is 9.59 Å². The third-order valence-corrected chi connectivity index (χ3v) is 3.82. The van der Waals surface area contributed by atoms with Crippen molar-refractivity contribution >= 4 is 11.8 Å². The smallest absolute Gasteiger partial charge is 0.251 e. The molecule has 1 fully saturated rings. The van der Waals surface area contributed by atoms with Gasteiger partial charge in [-0.25, -0.2) is 5.43 Å². The van der Waals surface area contributed by atoms with Gasteiger partial charge in [0.15, 0.2) is 0 Å². The molecule has 1 aliphatic rings. The minimum atomic E-state index is -0.154. The van der Waals surface area contributed by atoms with Gasteiger partial charge in [0, 0.05) is 25.1 Å². The maximum atomic E-state index is 12.1. The number of hydrogen-bond donors (Lipinski definition) is 4. The molecule has 1 unspecified atom stereocenters. The lowest BCUT2D eigenvalue weighted by Gasteiger charge is -2.19. The van der Waals surface area contributed by atoms with E-state index in [-0.39, 0.29) is 29.8 Å². The van der Waals surface area contributed by atoms with Crippen LogP contribution in [0.4, 0.5) is 0 Å². The Labute approximate surface area is 137 Å². The number of carbonyl (C=O) groups excluding carboxylic acids is 2. The van der Waals surface area contributed by atoms with Crippen LogP contribution in [0.3, 0.4) is 0 Å².